The summed E-state index contributed by atoms with van der Waals surface area (Å²) in [5.41, 5.74) is 12.1. The maximum Gasteiger partial charge on any atom is 0.240 e. The fourth-order valence-corrected chi connectivity index (χ4v) is 1.96. The number of amides is 2. The molecule has 0 spiro atoms. The fraction of sp³-hybridized carbons (Fsp3) is 0.467. The highest BCUT2D eigenvalue weighted by Gasteiger charge is 2.22. The minimum atomic E-state index is -0.689. The number of primary amides is 1. The van der Waals surface area contributed by atoms with Gasteiger partial charge >= 0.3 is 0 Å². The van der Waals surface area contributed by atoms with Crippen LogP contribution in [0, 0.1) is 5.92 Å². The van der Waals surface area contributed by atoms with E-state index in [1.807, 2.05) is 44.2 Å². The van der Waals surface area contributed by atoms with Crippen LogP contribution in [-0.2, 0) is 16.0 Å². The van der Waals surface area contributed by atoms with Crippen molar-refractivity contribution >= 4 is 28.8 Å². The highest BCUT2D eigenvalue weighted by molar-refractivity contribution is 8.93. The molecule has 0 aromatic heterocycles. The average Bonchev–Trinajstić information content (AvgIpc) is 2.38. The molecule has 5 N–H and O–H groups in total. The van der Waals surface area contributed by atoms with Gasteiger partial charge in [-0.1, -0.05) is 44.2 Å². The van der Waals surface area contributed by atoms with E-state index in [1.165, 1.54) is 0 Å². The van der Waals surface area contributed by atoms with E-state index in [-0.39, 0.29) is 28.8 Å². The van der Waals surface area contributed by atoms with E-state index in [0.29, 0.717) is 12.8 Å². The maximum absolute atomic E-state index is 12.0. The van der Waals surface area contributed by atoms with Gasteiger partial charge in [-0.25, -0.2) is 0 Å². The number of hydrogen-bond acceptors (Lipinski definition) is 3. The first kappa shape index (κ1) is 19.6. The third-order valence-corrected chi connectivity index (χ3v) is 3.00. The Morgan fingerprint density at radius 1 is 1.19 bits per heavy atom. The Bertz CT molecular complexity index is 451. The Morgan fingerprint density at radius 3 is 2.24 bits per heavy atom. The number of benzene rings is 1. The Hall–Kier alpha value is -1.40. The van der Waals surface area contributed by atoms with Gasteiger partial charge in [0.15, 0.2) is 0 Å². The van der Waals surface area contributed by atoms with Gasteiger partial charge in [0.25, 0.3) is 0 Å². The van der Waals surface area contributed by atoms with E-state index in [2.05, 4.69) is 5.32 Å². The summed E-state index contributed by atoms with van der Waals surface area (Å²) in [6.07, 6.45) is 0.943. The molecule has 2 amide bonds. The van der Waals surface area contributed by atoms with Gasteiger partial charge in [0.05, 0.1) is 6.04 Å². The van der Waals surface area contributed by atoms with Crippen molar-refractivity contribution in [3.05, 3.63) is 35.9 Å². The lowest BCUT2D eigenvalue weighted by atomic mass is 10.0. The average molecular weight is 358 g/mol. The summed E-state index contributed by atoms with van der Waals surface area (Å²) in [5.74, 6) is -0.615. The number of carbonyl (C=O) groups is 2. The zero-order valence-corrected chi connectivity index (χ0v) is 14.1. The van der Waals surface area contributed by atoms with Crippen LogP contribution < -0.4 is 16.8 Å². The van der Waals surface area contributed by atoms with Gasteiger partial charge in [-0.3, -0.25) is 9.59 Å². The summed E-state index contributed by atoms with van der Waals surface area (Å²) in [6.45, 7) is 3.93. The van der Waals surface area contributed by atoms with E-state index in [9.17, 15) is 9.59 Å². The highest BCUT2D eigenvalue weighted by Crippen LogP contribution is 2.06. The summed E-state index contributed by atoms with van der Waals surface area (Å²) >= 11 is 0. The second kappa shape index (κ2) is 9.52. The van der Waals surface area contributed by atoms with Gasteiger partial charge in [0.2, 0.25) is 11.8 Å². The van der Waals surface area contributed by atoms with Crippen molar-refractivity contribution in [3.8, 4) is 0 Å². The number of nitrogens with two attached hydrogens (primary N) is 2. The third kappa shape index (κ3) is 7.24. The van der Waals surface area contributed by atoms with Crippen molar-refractivity contribution in [2.24, 2.45) is 17.4 Å². The van der Waals surface area contributed by atoms with Crippen LogP contribution >= 0.6 is 17.0 Å². The molecular formula is C15H24BrN3O2. The summed E-state index contributed by atoms with van der Waals surface area (Å²) in [6, 6.07) is 8.16. The number of halogens is 1. The quantitative estimate of drug-likeness (QED) is 0.682. The smallest absolute Gasteiger partial charge is 0.240 e. The third-order valence-electron chi connectivity index (χ3n) is 3.00. The van der Waals surface area contributed by atoms with E-state index in [0.717, 1.165) is 5.56 Å². The molecule has 0 heterocycles. The van der Waals surface area contributed by atoms with Gasteiger partial charge in [-0.15, -0.1) is 17.0 Å². The van der Waals surface area contributed by atoms with Crippen LogP contribution in [0.1, 0.15) is 25.8 Å². The molecule has 0 saturated heterocycles. The predicted octanol–water partition coefficient (Wildman–Crippen LogP) is 1.15. The summed E-state index contributed by atoms with van der Waals surface area (Å²) < 4.78 is 0. The molecule has 0 aliphatic heterocycles. The van der Waals surface area contributed by atoms with Gasteiger partial charge in [0, 0.05) is 0 Å². The molecule has 2 atom stereocenters. The molecule has 0 aliphatic rings. The van der Waals surface area contributed by atoms with Crippen molar-refractivity contribution in [2.45, 2.75) is 38.8 Å². The molecule has 118 valence electrons. The highest BCUT2D eigenvalue weighted by atomic mass is 79.9. The van der Waals surface area contributed by atoms with Crippen LogP contribution in [0.5, 0.6) is 0 Å². The molecule has 0 saturated carbocycles. The van der Waals surface area contributed by atoms with Crippen LogP contribution in [-0.4, -0.2) is 23.9 Å². The van der Waals surface area contributed by atoms with Gasteiger partial charge in [-0.2, -0.15) is 0 Å². The van der Waals surface area contributed by atoms with Crippen LogP contribution in [0.3, 0.4) is 0 Å². The van der Waals surface area contributed by atoms with Crippen LogP contribution in [0.15, 0.2) is 30.3 Å². The monoisotopic (exact) mass is 357 g/mol. The molecule has 1 aromatic rings. The second-order valence-corrected chi connectivity index (χ2v) is 5.39. The zero-order valence-electron chi connectivity index (χ0n) is 12.4. The maximum atomic E-state index is 12.0. The Kier molecular flexibility index (Phi) is 8.89. The second-order valence-electron chi connectivity index (χ2n) is 5.39. The van der Waals surface area contributed by atoms with E-state index in [4.69, 9.17) is 11.5 Å². The van der Waals surface area contributed by atoms with Crippen molar-refractivity contribution in [2.75, 3.05) is 0 Å². The Balaban J connectivity index is 0.00000400. The minimum absolute atomic E-state index is 0. The molecule has 0 fully saturated rings. The predicted molar refractivity (Wildman–Crippen MR) is 89.0 cm³/mol. The van der Waals surface area contributed by atoms with Crippen molar-refractivity contribution in [1.29, 1.82) is 0 Å². The molecule has 21 heavy (non-hydrogen) atoms. The Labute approximate surface area is 136 Å². The lowest BCUT2D eigenvalue weighted by Crippen LogP contribution is -2.51. The topological polar surface area (TPSA) is 98.2 Å². The standard InChI is InChI=1S/C15H23N3O2.BrH/c1-10(2)8-13(14(17)19)18-15(20)12(16)9-11-6-4-3-5-7-11;/h3-7,10,12-13H,8-9,16H2,1-2H3,(H2,17,19)(H,18,20);1H. The van der Waals surface area contributed by atoms with Crippen molar-refractivity contribution < 1.29 is 9.59 Å². The molecule has 0 aliphatic carbocycles. The zero-order chi connectivity index (χ0) is 15.1. The van der Waals surface area contributed by atoms with E-state index >= 15 is 0 Å². The van der Waals surface area contributed by atoms with Crippen molar-refractivity contribution in [3.63, 3.8) is 0 Å². The lowest BCUT2D eigenvalue weighted by Gasteiger charge is -2.20. The van der Waals surface area contributed by atoms with Crippen LogP contribution in [0.2, 0.25) is 0 Å². The number of hydrogen-bond donors (Lipinski definition) is 3. The first-order chi connectivity index (χ1) is 9.40. The molecular weight excluding hydrogens is 334 g/mol. The molecule has 0 bridgehead atoms. The first-order valence-electron chi connectivity index (χ1n) is 6.79. The molecule has 1 rings (SSSR count). The number of rotatable bonds is 7. The molecule has 0 radical (unpaired) electrons. The summed E-state index contributed by atoms with van der Waals surface area (Å²) in [7, 11) is 0. The fourth-order valence-electron chi connectivity index (χ4n) is 1.96. The number of carbonyl (C=O) groups excluding carboxylic acids is 2. The van der Waals surface area contributed by atoms with E-state index < -0.39 is 18.0 Å². The van der Waals surface area contributed by atoms with Gasteiger partial charge < -0.3 is 16.8 Å². The normalized spacial score (nSPS) is 13.1. The molecule has 5 nitrogen and oxygen atoms in total. The Morgan fingerprint density at radius 2 is 1.76 bits per heavy atom. The summed E-state index contributed by atoms with van der Waals surface area (Å²) in [5, 5.41) is 2.63. The SMILES string of the molecule is Br.CC(C)CC(NC(=O)C(N)Cc1ccccc1)C(N)=O. The lowest BCUT2D eigenvalue weighted by molar-refractivity contribution is -0.128. The summed E-state index contributed by atoms with van der Waals surface area (Å²) in [4.78, 5) is 23.3. The molecule has 6 heteroatoms. The molecule has 1 aromatic carbocycles. The van der Waals surface area contributed by atoms with Crippen molar-refractivity contribution in [1.82, 2.24) is 5.32 Å². The van der Waals surface area contributed by atoms with Gasteiger partial charge in [0.1, 0.15) is 6.04 Å². The van der Waals surface area contributed by atoms with Crippen LogP contribution in [0.25, 0.3) is 0 Å². The first-order valence-corrected chi connectivity index (χ1v) is 6.79. The van der Waals surface area contributed by atoms with Gasteiger partial charge in [-0.05, 0) is 24.3 Å². The largest absolute Gasteiger partial charge is 0.368 e. The minimum Gasteiger partial charge on any atom is -0.368 e. The van der Waals surface area contributed by atoms with E-state index in [1.54, 1.807) is 0 Å². The number of nitrogens with one attached hydrogen (secondary N) is 1. The van der Waals surface area contributed by atoms with Crippen LogP contribution in [0.4, 0.5) is 0 Å². The molecule has 2 unspecified atom stereocenters.